The van der Waals surface area contributed by atoms with Gasteiger partial charge in [-0.25, -0.2) is 15.0 Å². The number of anilines is 2. The van der Waals surface area contributed by atoms with Crippen LogP contribution in [0.25, 0.3) is 11.0 Å². The van der Waals surface area contributed by atoms with Crippen LogP contribution in [0.3, 0.4) is 0 Å². The van der Waals surface area contributed by atoms with E-state index < -0.39 is 0 Å². The number of imidazole rings is 1. The third kappa shape index (κ3) is 3.54. The molecule has 0 aliphatic rings. The van der Waals surface area contributed by atoms with Crippen molar-refractivity contribution >= 4 is 28.6 Å². The van der Waals surface area contributed by atoms with Crippen LogP contribution in [0, 0.1) is 6.92 Å². The van der Waals surface area contributed by atoms with Crippen molar-refractivity contribution < 1.29 is 9.53 Å². The van der Waals surface area contributed by atoms with Crippen LogP contribution in [0.2, 0.25) is 0 Å². The molecule has 0 aliphatic carbocycles. The van der Waals surface area contributed by atoms with Crippen LogP contribution < -0.4 is 15.8 Å². The molecular formula is C19H16N6O2. The number of nitrogens with zero attached hydrogens (tertiary/aromatic N) is 3. The van der Waals surface area contributed by atoms with Crippen LogP contribution in [0.1, 0.15) is 15.9 Å². The molecule has 0 saturated carbocycles. The van der Waals surface area contributed by atoms with Gasteiger partial charge in [0.1, 0.15) is 5.75 Å². The minimum absolute atomic E-state index is 0.242. The molecule has 0 fully saturated rings. The van der Waals surface area contributed by atoms with Gasteiger partial charge in [0.15, 0.2) is 5.95 Å². The van der Waals surface area contributed by atoms with Gasteiger partial charge in [-0.2, -0.15) is 0 Å². The Morgan fingerprint density at radius 3 is 2.78 bits per heavy atom. The fourth-order valence-electron chi connectivity index (χ4n) is 2.60. The molecule has 134 valence electrons. The predicted molar refractivity (Wildman–Crippen MR) is 102 cm³/mol. The molecule has 2 heterocycles. The number of H-pyrrole nitrogens is 1. The van der Waals surface area contributed by atoms with Crippen molar-refractivity contribution in [2.45, 2.75) is 6.92 Å². The average molecular weight is 360 g/mol. The van der Waals surface area contributed by atoms with Gasteiger partial charge in [0.2, 0.25) is 0 Å². The summed E-state index contributed by atoms with van der Waals surface area (Å²) in [6.45, 7) is 1.90. The first kappa shape index (κ1) is 16.5. The van der Waals surface area contributed by atoms with Crippen molar-refractivity contribution in [2.75, 3.05) is 11.1 Å². The first-order chi connectivity index (χ1) is 13.1. The molecule has 8 nitrogen and oxygen atoms in total. The Balaban J connectivity index is 1.56. The van der Waals surface area contributed by atoms with Gasteiger partial charge in [0.05, 0.1) is 11.0 Å². The fourth-order valence-corrected chi connectivity index (χ4v) is 2.60. The van der Waals surface area contributed by atoms with E-state index in [1.54, 1.807) is 48.8 Å². The maximum absolute atomic E-state index is 12.6. The van der Waals surface area contributed by atoms with Crippen LogP contribution in [0.15, 0.2) is 54.9 Å². The molecule has 0 radical (unpaired) electrons. The lowest BCUT2D eigenvalue weighted by Gasteiger charge is -2.10. The third-order valence-corrected chi connectivity index (χ3v) is 3.95. The predicted octanol–water partition coefficient (Wildman–Crippen LogP) is 3.29. The highest BCUT2D eigenvalue weighted by molar-refractivity contribution is 6.06. The minimum atomic E-state index is -0.254. The highest BCUT2D eigenvalue weighted by Gasteiger charge is 2.11. The van der Waals surface area contributed by atoms with Gasteiger partial charge >= 0.3 is 6.01 Å². The van der Waals surface area contributed by atoms with E-state index in [1.165, 1.54) is 0 Å². The number of carbonyl (C=O) groups excluding carboxylic acids is 1. The van der Waals surface area contributed by atoms with Gasteiger partial charge in [-0.05, 0) is 42.8 Å². The number of hydrogen-bond acceptors (Lipinski definition) is 6. The first-order valence-corrected chi connectivity index (χ1v) is 8.20. The van der Waals surface area contributed by atoms with E-state index in [-0.39, 0.29) is 11.9 Å². The fraction of sp³-hybridized carbons (Fsp3) is 0.0526. The molecule has 4 aromatic rings. The molecule has 0 atom stereocenters. The lowest BCUT2D eigenvalue weighted by molar-refractivity contribution is 0.102. The lowest BCUT2D eigenvalue weighted by atomic mass is 10.1. The Morgan fingerprint density at radius 1 is 1.15 bits per heavy atom. The number of nitrogens with one attached hydrogen (secondary N) is 2. The van der Waals surface area contributed by atoms with Gasteiger partial charge in [0.25, 0.3) is 5.91 Å². The summed E-state index contributed by atoms with van der Waals surface area (Å²) in [4.78, 5) is 27.7. The number of fused-ring (bicyclic) bond motifs is 1. The Hall–Kier alpha value is -3.94. The van der Waals surface area contributed by atoms with Crippen molar-refractivity contribution in [3.63, 3.8) is 0 Å². The van der Waals surface area contributed by atoms with E-state index in [1.807, 2.05) is 13.0 Å². The van der Waals surface area contributed by atoms with E-state index in [4.69, 9.17) is 10.5 Å². The molecule has 0 unspecified atom stereocenters. The maximum atomic E-state index is 12.6. The summed E-state index contributed by atoms with van der Waals surface area (Å²) in [5.41, 5.74) is 9.04. The van der Waals surface area contributed by atoms with E-state index in [2.05, 4.69) is 25.3 Å². The zero-order valence-electron chi connectivity index (χ0n) is 14.4. The molecule has 4 N–H and O–H groups in total. The molecule has 0 saturated heterocycles. The molecular weight excluding hydrogens is 344 g/mol. The Labute approximate surface area is 154 Å². The van der Waals surface area contributed by atoms with Crippen molar-refractivity contribution in [1.29, 1.82) is 0 Å². The molecule has 2 aromatic heterocycles. The van der Waals surface area contributed by atoms with Crippen molar-refractivity contribution in [2.24, 2.45) is 0 Å². The SMILES string of the molecule is Cc1ccc(NC(=O)c2ccc3nc(N)[nH]c3c2)cc1Oc1ncccn1. The number of nitrogen functional groups attached to an aromatic ring is 1. The molecule has 2 aromatic carbocycles. The number of aryl methyl sites for hydroxylation is 1. The number of aromatic amines is 1. The van der Waals surface area contributed by atoms with Gasteiger partial charge in [0, 0.05) is 29.7 Å². The first-order valence-electron chi connectivity index (χ1n) is 8.20. The van der Waals surface area contributed by atoms with Crippen LogP contribution in [-0.2, 0) is 0 Å². The number of amides is 1. The summed E-state index contributed by atoms with van der Waals surface area (Å²) >= 11 is 0. The summed E-state index contributed by atoms with van der Waals surface area (Å²) in [7, 11) is 0. The summed E-state index contributed by atoms with van der Waals surface area (Å²) in [5.74, 6) is 0.623. The Kier molecular flexibility index (Phi) is 4.13. The van der Waals surface area contributed by atoms with Gasteiger partial charge in [-0.15, -0.1) is 0 Å². The second-order valence-electron chi connectivity index (χ2n) is 5.92. The summed E-state index contributed by atoms with van der Waals surface area (Å²) in [6.07, 6.45) is 3.20. The van der Waals surface area contributed by atoms with Crippen molar-refractivity contribution in [1.82, 2.24) is 19.9 Å². The average Bonchev–Trinajstić information content (AvgIpc) is 3.04. The van der Waals surface area contributed by atoms with Crippen LogP contribution in [-0.4, -0.2) is 25.8 Å². The number of carbonyl (C=O) groups is 1. The van der Waals surface area contributed by atoms with Crippen LogP contribution in [0.5, 0.6) is 11.8 Å². The van der Waals surface area contributed by atoms with Gasteiger partial charge in [-0.3, -0.25) is 4.79 Å². The third-order valence-electron chi connectivity index (χ3n) is 3.95. The monoisotopic (exact) mass is 360 g/mol. The maximum Gasteiger partial charge on any atom is 0.321 e. The van der Waals surface area contributed by atoms with Crippen LogP contribution >= 0.6 is 0 Å². The van der Waals surface area contributed by atoms with Crippen molar-refractivity contribution in [3.8, 4) is 11.8 Å². The van der Waals surface area contributed by atoms with E-state index in [0.717, 1.165) is 5.56 Å². The molecule has 4 rings (SSSR count). The highest BCUT2D eigenvalue weighted by atomic mass is 16.5. The normalized spacial score (nSPS) is 10.7. The zero-order valence-corrected chi connectivity index (χ0v) is 14.4. The summed E-state index contributed by atoms with van der Waals surface area (Å²) in [6, 6.07) is 12.5. The van der Waals surface area contributed by atoms with E-state index >= 15 is 0 Å². The second-order valence-corrected chi connectivity index (χ2v) is 5.92. The van der Waals surface area contributed by atoms with Crippen LogP contribution in [0.4, 0.5) is 11.6 Å². The van der Waals surface area contributed by atoms with Gasteiger partial charge < -0.3 is 20.8 Å². The number of aromatic nitrogens is 4. The Bertz CT molecular complexity index is 1120. The molecule has 0 bridgehead atoms. The molecule has 0 spiro atoms. The second kappa shape index (κ2) is 6.75. The Morgan fingerprint density at radius 2 is 1.96 bits per heavy atom. The quantitative estimate of drug-likeness (QED) is 0.514. The molecule has 8 heteroatoms. The largest absolute Gasteiger partial charge is 0.424 e. The number of rotatable bonds is 4. The summed E-state index contributed by atoms with van der Waals surface area (Å²) < 4.78 is 5.70. The number of nitrogens with two attached hydrogens (primary N) is 1. The highest BCUT2D eigenvalue weighted by Crippen LogP contribution is 2.26. The number of ether oxygens (including phenoxy) is 1. The number of benzene rings is 2. The molecule has 0 aliphatic heterocycles. The smallest absolute Gasteiger partial charge is 0.321 e. The minimum Gasteiger partial charge on any atom is -0.424 e. The lowest BCUT2D eigenvalue weighted by Crippen LogP contribution is -2.12. The van der Waals surface area contributed by atoms with E-state index in [9.17, 15) is 4.79 Å². The zero-order chi connectivity index (χ0) is 18.8. The molecule has 1 amide bonds. The van der Waals surface area contributed by atoms with E-state index in [0.29, 0.717) is 34.0 Å². The molecule has 27 heavy (non-hydrogen) atoms. The number of hydrogen-bond donors (Lipinski definition) is 3. The van der Waals surface area contributed by atoms with Gasteiger partial charge in [-0.1, -0.05) is 6.07 Å². The standard InChI is InChI=1S/C19H16N6O2/c1-11-3-5-13(10-16(11)27-19-21-7-2-8-22-19)23-17(26)12-4-6-14-15(9-12)25-18(20)24-14/h2-10H,1H3,(H,23,26)(H3,20,24,25). The van der Waals surface area contributed by atoms with Crippen molar-refractivity contribution in [3.05, 3.63) is 66.0 Å². The topological polar surface area (TPSA) is 119 Å². The summed E-state index contributed by atoms with van der Waals surface area (Å²) in [5, 5.41) is 2.86.